The molecule has 1 aliphatic heterocycles. The fourth-order valence-corrected chi connectivity index (χ4v) is 5.66. The van der Waals surface area contributed by atoms with Gasteiger partial charge in [0.15, 0.2) is 0 Å². The monoisotopic (exact) mass is 491 g/mol. The molecule has 0 saturated carbocycles. The van der Waals surface area contributed by atoms with E-state index in [1.165, 1.54) is 174 Å². The largest absolute Gasteiger partial charge is 0.356 e. The third kappa shape index (κ3) is 18.3. The summed E-state index contributed by atoms with van der Waals surface area (Å²) in [4.78, 5) is 5.37. The Balaban J connectivity index is 2.13. The van der Waals surface area contributed by atoms with Gasteiger partial charge in [-0.25, -0.2) is 0 Å². The molecule has 208 valence electrons. The first-order valence-corrected chi connectivity index (χ1v) is 16.5. The maximum absolute atomic E-state index is 2.69. The van der Waals surface area contributed by atoms with E-state index in [0.717, 1.165) is 0 Å². The predicted octanol–water partition coefficient (Wildman–Crippen LogP) is 11.2. The van der Waals surface area contributed by atoms with Crippen LogP contribution in [0.1, 0.15) is 181 Å². The summed E-state index contributed by atoms with van der Waals surface area (Å²) in [6, 6.07) is 0. The first-order valence-electron chi connectivity index (χ1n) is 16.5. The summed E-state index contributed by atoms with van der Waals surface area (Å²) in [6.07, 6.45) is 41.0. The van der Waals surface area contributed by atoms with Gasteiger partial charge in [-0.2, -0.15) is 0 Å². The van der Waals surface area contributed by atoms with E-state index in [2.05, 4.69) is 43.0 Å². The lowest BCUT2D eigenvalue weighted by Crippen LogP contribution is -2.39. The summed E-state index contributed by atoms with van der Waals surface area (Å²) >= 11 is 0. The van der Waals surface area contributed by atoms with Crippen molar-refractivity contribution < 1.29 is 0 Å². The molecule has 1 heterocycles. The van der Waals surface area contributed by atoms with Gasteiger partial charge in [-0.15, -0.1) is 0 Å². The lowest BCUT2D eigenvalue weighted by Gasteiger charge is -2.33. The van der Waals surface area contributed by atoms with Crippen LogP contribution in [0.5, 0.6) is 0 Å². The van der Waals surface area contributed by atoms with Crippen LogP contribution in [-0.2, 0) is 0 Å². The Morgan fingerprint density at radius 1 is 0.371 bits per heavy atom. The number of hydrogen-bond donors (Lipinski definition) is 0. The minimum Gasteiger partial charge on any atom is -0.356 e. The van der Waals surface area contributed by atoms with Gasteiger partial charge < -0.3 is 9.80 Å². The highest BCUT2D eigenvalue weighted by molar-refractivity contribution is 4.97. The second-order valence-corrected chi connectivity index (χ2v) is 11.5. The Morgan fingerprint density at radius 3 is 1.00 bits per heavy atom. The van der Waals surface area contributed by atoms with E-state index in [4.69, 9.17) is 0 Å². The van der Waals surface area contributed by atoms with Crippen LogP contribution >= 0.6 is 0 Å². The topological polar surface area (TPSA) is 6.48 Å². The van der Waals surface area contributed by atoms with Crippen molar-refractivity contribution in [2.45, 2.75) is 187 Å². The second-order valence-electron chi connectivity index (χ2n) is 11.5. The predicted molar refractivity (Wildman–Crippen MR) is 159 cm³/mol. The van der Waals surface area contributed by atoms with E-state index in [1.54, 1.807) is 0 Å². The van der Waals surface area contributed by atoms with Crippen molar-refractivity contribution in [1.82, 2.24) is 9.80 Å². The number of hydrogen-bond acceptors (Lipinski definition) is 2. The summed E-state index contributed by atoms with van der Waals surface area (Å²) in [5.74, 6) is 0. The van der Waals surface area contributed by atoms with Crippen molar-refractivity contribution in [1.29, 1.82) is 0 Å². The lowest BCUT2D eigenvalue weighted by molar-refractivity contribution is 0.135. The average molecular weight is 491 g/mol. The van der Waals surface area contributed by atoms with Crippen LogP contribution in [0.25, 0.3) is 0 Å². The standard InChI is InChI=1S/C33H66N2/c1-4-7-10-13-15-16-17-18-19-20-22-24-27-30-35-32-31-34(33(35)28-25-12-9-6-3)29-26-23-21-14-11-8-5-2/h31-33H,4-30H2,1-3H3. The van der Waals surface area contributed by atoms with Gasteiger partial charge in [0.05, 0.1) is 0 Å². The molecule has 2 heteroatoms. The summed E-state index contributed by atoms with van der Waals surface area (Å²) in [7, 11) is 0. The van der Waals surface area contributed by atoms with Crippen LogP contribution in [0, 0.1) is 0 Å². The molecular formula is C33H66N2. The fourth-order valence-electron chi connectivity index (χ4n) is 5.66. The first kappa shape index (κ1) is 32.4. The zero-order chi connectivity index (χ0) is 25.2. The van der Waals surface area contributed by atoms with E-state index in [1.807, 2.05) is 0 Å². The normalized spacial score (nSPS) is 15.6. The van der Waals surface area contributed by atoms with E-state index >= 15 is 0 Å². The Kier molecular flexibility index (Phi) is 23.1. The molecule has 1 unspecified atom stereocenters. The Labute approximate surface area is 222 Å². The quantitative estimate of drug-likeness (QED) is 0.106. The molecule has 0 radical (unpaired) electrons. The van der Waals surface area contributed by atoms with Gasteiger partial charge in [0.1, 0.15) is 6.17 Å². The molecule has 0 amide bonds. The molecule has 0 spiro atoms. The third-order valence-electron chi connectivity index (χ3n) is 8.07. The minimum atomic E-state index is 0.643. The van der Waals surface area contributed by atoms with E-state index in [9.17, 15) is 0 Å². The molecule has 0 aromatic heterocycles. The van der Waals surface area contributed by atoms with Crippen LogP contribution in [-0.4, -0.2) is 29.1 Å². The van der Waals surface area contributed by atoms with Crippen molar-refractivity contribution in [2.24, 2.45) is 0 Å². The molecule has 2 nitrogen and oxygen atoms in total. The maximum Gasteiger partial charge on any atom is 0.101 e. The number of rotatable bonds is 27. The molecule has 1 rings (SSSR count). The molecule has 35 heavy (non-hydrogen) atoms. The number of unbranched alkanes of at least 4 members (excludes halogenated alkanes) is 21. The molecule has 0 saturated heterocycles. The van der Waals surface area contributed by atoms with Crippen molar-refractivity contribution in [3.05, 3.63) is 12.4 Å². The average Bonchev–Trinajstić information content (AvgIpc) is 3.25. The molecule has 1 aliphatic rings. The van der Waals surface area contributed by atoms with Crippen LogP contribution in [0.3, 0.4) is 0 Å². The molecular weight excluding hydrogens is 424 g/mol. The molecule has 0 aromatic rings. The van der Waals surface area contributed by atoms with E-state index < -0.39 is 0 Å². The summed E-state index contributed by atoms with van der Waals surface area (Å²) in [6.45, 7) is 9.47. The minimum absolute atomic E-state index is 0.643. The maximum atomic E-state index is 2.69. The van der Waals surface area contributed by atoms with Gasteiger partial charge in [0.25, 0.3) is 0 Å². The van der Waals surface area contributed by atoms with Gasteiger partial charge in [-0.1, -0.05) is 156 Å². The molecule has 0 aromatic carbocycles. The van der Waals surface area contributed by atoms with E-state index in [-0.39, 0.29) is 0 Å². The zero-order valence-corrected chi connectivity index (χ0v) is 24.7. The van der Waals surface area contributed by atoms with Gasteiger partial charge in [0, 0.05) is 25.5 Å². The number of nitrogens with zero attached hydrogens (tertiary/aromatic N) is 2. The zero-order valence-electron chi connectivity index (χ0n) is 24.7. The van der Waals surface area contributed by atoms with Gasteiger partial charge in [0.2, 0.25) is 0 Å². The van der Waals surface area contributed by atoms with Crippen LogP contribution < -0.4 is 0 Å². The fraction of sp³-hybridized carbons (Fsp3) is 0.939. The Morgan fingerprint density at radius 2 is 0.657 bits per heavy atom. The van der Waals surface area contributed by atoms with Crippen molar-refractivity contribution in [3.63, 3.8) is 0 Å². The van der Waals surface area contributed by atoms with Crippen LogP contribution in [0.2, 0.25) is 0 Å². The molecule has 0 N–H and O–H groups in total. The van der Waals surface area contributed by atoms with Gasteiger partial charge in [-0.3, -0.25) is 0 Å². The molecule has 0 aliphatic carbocycles. The highest BCUT2D eigenvalue weighted by atomic mass is 15.4. The van der Waals surface area contributed by atoms with Gasteiger partial charge in [-0.05, 0) is 25.7 Å². The Bertz CT molecular complexity index is 446. The highest BCUT2D eigenvalue weighted by Gasteiger charge is 2.24. The van der Waals surface area contributed by atoms with Crippen LogP contribution in [0.15, 0.2) is 12.4 Å². The summed E-state index contributed by atoms with van der Waals surface area (Å²) in [5.41, 5.74) is 0. The summed E-state index contributed by atoms with van der Waals surface area (Å²) < 4.78 is 0. The van der Waals surface area contributed by atoms with Crippen molar-refractivity contribution in [2.75, 3.05) is 13.1 Å². The second kappa shape index (κ2) is 25.0. The SMILES string of the molecule is CCCCCCCCCCCCCCCN1C=CN(CCCCCCCCC)C1CCCCCC. The smallest absolute Gasteiger partial charge is 0.101 e. The molecule has 1 atom stereocenters. The molecule has 0 fully saturated rings. The van der Waals surface area contributed by atoms with Crippen molar-refractivity contribution in [3.8, 4) is 0 Å². The summed E-state index contributed by atoms with van der Waals surface area (Å²) in [5, 5.41) is 0. The van der Waals surface area contributed by atoms with Crippen LogP contribution in [0.4, 0.5) is 0 Å². The third-order valence-corrected chi connectivity index (χ3v) is 8.07. The van der Waals surface area contributed by atoms with Gasteiger partial charge >= 0.3 is 0 Å². The lowest BCUT2D eigenvalue weighted by atomic mass is 10.0. The Hall–Kier alpha value is -0.660. The van der Waals surface area contributed by atoms with Crippen molar-refractivity contribution >= 4 is 0 Å². The highest BCUT2D eigenvalue weighted by Crippen LogP contribution is 2.23. The molecule has 0 bridgehead atoms. The van der Waals surface area contributed by atoms with E-state index in [0.29, 0.717) is 6.17 Å². The first-order chi connectivity index (χ1) is 17.3.